The number of esters is 1. The zero-order chi connectivity index (χ0) is 17.6. The molecule has 9 heteroatoms. The summed E-state index contributed by atoms with van der Waals surface area (Å²) in [5.74, 6) is -1.06. The van der Waals surface area contributed by atoms with E-state index in [1.165, 1.54) is 46.5 Å². The fourth-order valence-electron chi connectivity index (χ4n) is 1.69. The molecule has 0 spiro atoms. The number of rotatable bonds is 7. The number of amides is 1. The molecule has 0 saturated heterocycles. The average Bonchev–Trinajstić information content (AvgIpc) is 2.52. The zero-order valence-corrected chi connectivity index (χ0v) is 14.1. The highest BCUT2D eigenvalue weighted by Crippen LogP contribution is 2.22. The molecule has 0 bridgehead atoms. The Kier molecular flexibility index (Phi) is 6.52. The summed E-state index contributed by atoms with van der Waals surface area (Å²) < 4.78 is 41.0. The number of hydrogen-bond acceptors (Lipinski definition) is 7. The van der Waals surface area contributed by atoms with Gasteiger partial charge < -0.3 is 14.2 Å². The fourth-order valence-corrected chi connectivity index (χ4v) is 2.95. The van der Waals surface area contributed by atoms with E-state index in [4.69, 9.17) is 9.47 Å². The van der Waals surface area contributed by atoms with Gasteiger partial charge in [-0.05, 0) is 30.7 Å². The zero-order valence-electron chi connectivity index (χ0n) is 13.3. The van der Waals surface area contributed by atoms with Crippen molar-refractivity contribution in [3.05, 3.63) is 23.8 Å². The maximum Gasteiger partial charge on any atom is 0.310 e. The normalized spacial score (nSPS) is 12.3. The van der Waals surface area contributed by atoms with Crippen LogP contribution in [0.3, 0.4) is 0 Å². The van der Waals surface area contributed by atoms with Crippen LogP contribution in [0.15, 0.2) is 23.1 Å². The molecule has 0 saturated carbocycles. The largest absolute Gasteiger partial charge is 0.497 e. The first kappa shape index (κ1) is 18.9. The van der Waals surface area contributed by atoms with Crippen LogP contribution in [0.1, 0.15) is 12.5 Å². The Labute approximate surface area is 134 Å². The topological polar surface area (TPSA) is 108 Å². The predicted octanol–water partition coefficient (Wildman–Crippen LogP) is 0.250. The van der Waals surface area contributed by atoms with Crippen LogP contribution in [0, 0.1) is 0 Å². The second-order valence-electron chi connectivity index (χ2n) is 4.57. The van der Waals surface area contributed by atoms with E-state index in [2.05, 4.69) is 4.74 Å². The van der Waals surface area contributed by atoms with Gasteiger partial charge >= 0.3 is 5.97 Å². The number of nitrogens with one attached hydrogen (secondary N) is 1. The molecule has 0 fully saturated rings. The Morgan fingerprint density at radius 1 is 1.22 bits per heavy atom. The molecule has 1 unspecified atom stereocenters. The molecule has 1 amide bonds. The lowest BCUT2D eigenvalue weighted by molar-refractivity contribution is -0.139. The van der Waals surface area contributed by atoms with Crippen LogP contribution in [0.5, 0.6) is 5.75 Å². The molecule has 1 N–H and O–H groups in total. The van der Waals surface area contributed by atoms with Crippen molar-refractivity contribution in [3.8, 4) is 5.75 Å². The van der Waals surface area contributed by atoms with Crippen LogP contribution >= 0.6 is 0 Å². The Hall–Kier alpha value is -2.13. The van der Waals surface area contributed by atoms with Crippen LogP contribution in [-0.2, 0) is 35.5 Å². The minimum atomic E-state index is -4.17. The molecule has 8 nitrogen and oxygen atoms in total. The molecule has 0 heterocycles. The summed E-state index contributed by atoms with van der Waals surface area (Å²) in [4.78, 5) is 23.0. The van der Waals surface area contributed by atoms with Gasteiger partial charge in [0.15, 0.2) is 0 Å². The molecule has 0 aliphatic rings. The van der Waals surface area contributed by atoms with Gasteiger partial charge in [-0.2, -0.15) is 0 Å². The molecule has 0 aromatic heterocycles. The molecular formula is C14H19NO7S. The highest BCUT2D eigenvalue weighted by Gasteiger charge is 2.25. The van der Waals surface area contributed by atoms with Crippen LogP contribution in [0.2, 0.25) is 0 Å². The highest BCUT2D eigenvalue weighted by molar-refractivity contribution is 7.90. The Morgan fingerprint density at radius 3 is 2.39 bits per heavy atom. The maximum absolute atomic E-state index is 12.4. The second kappa shape index (κ2) is 7.93. The van der Waals surface area contributed by atoms with Gasteiger partial charge in [-0.25, -0.2) is 13.1 Å². The molecule has 0 radical (unpaired) electrons. The second-order valence-corrected chi connectivity index (χ2v) is 6.23. The first-order chi connectivity index (χ1) is 10.7. The quantitative estimate of drug-likeness (QED) is 0.706. The van der Waals surface area contributed by atoms with Crippen LogP contribution in [0.4, 0.5) is 0 Å². The molecule has 1 rings (SSSR count). The lowest BCUT2D eigenvalue weighted by atomic mass is 10.1. The number of carbonyl (C=O) groups excluding carboxylic acids is 2. The molecule has 1 atom stereocenters. The molecular weight excluding hydrogens is 326 g/mol. The summed E-state index contributed by atoms with van der Waals surface area (Å²) in [6.07, 6.45) is -1.22. The monoisotopic (exact) mass is 345 g/mol. The van der Waals surface area contributed by atoms with Crippen molar-refractivity contribution in [1.29, 1.82) is 0 Å². The van der Waals surface area contributed by atoms with Gasteiger partial charge in [0.1, 0.15) is 11.9 Å². The Bertz CT molecular complexity index is 684. The van der Waals surface area contributed by atoms with Crippen LogP contribution in [0.25, 0.3) is 0 Å². The van der Waals surface area contributed by atoms with Gasteiger partial charge in [0, 0.05) is 7.11 Å². The lowest BCUT2D eigenvalue weighted by Crippen LogP contribution is -2.38. The number of ether oxygens (including phenoxy) is 3. The summed E-state index contributed by atoms with van der Waals surface area (Å²) in [6.45, 7) is 1.41. The summed E-state index contributed by atoms with van der Waals surface area (Å²) in [5.41, 5.74) is 0.154. The van der Waals surface area contributed by atoms with Crippen molar-refractivity contribution in [2.75, 3.05) is 21.3 Å². The minimum absolute atomic E-state index is 0.154. The highest BCUT2D eigenvalue weighted by atomic mass is 32.2. The van der Waals surface area contributed by atoms with E-state index in [0.717, 1.165) is 0 Å². The van der Waals surface area contributed by atoms with Gasteiger partial charge in [-0.15, -0.1) is 0 Å². The van der Waals surface area contributed by atoms with E-state index in [9.17, 15) is 18.0 Å². The van der Waals surface area contributed by atoms with E-state index in [1.807, 2.05) is 4.72 Å². The van der Waals surface area contributed by atoms with Crippen molar-refractivity contribution in [2.24, 2.45) is 0 Å². The standard InChI is InChI=1S/C14H19NO7S/c1-9(20-2)14(17)15-23(18,19)12-6-5-11(21-3)7-10(12)8-13(16)22-4/h5-7,9H,8H2,1-4H3,(H,15,17). The van der Waals surface area contributed by atoms with E-state index < -0.39 is 28.0 Å². The third-order valence-electron chi connectivity index (χ3n) is 3.08. The minimum Gasteiger partial charge on any atom is -0.497 e. The fraction of sp³-hybridized carbons (Fsp3) is 0.429. The van der Waals surface area contributed by atoms with Gasteiger partial charge in [0.2, 0.25) is 0 Å². The number of hydrogen-bond donors (Lipinski definition) is 1. The van der Waals surface area contributed by atoms with Crippen molar-refractivity contribution < 1.29 is 32.2 Å². The van der Waals surface area contributed by atoms with E-state index in [1.54, 1.807) is 0 Å². The molecule has 1 aromatic carbocycles. The predicted molar refractivity (Wildman–Crippen MR) is 80.5 cm³/mol. The SMILES string of the molecule is COC(=O)Cc1cc(OC)ccc1S(=O)(=O)NC(=O)C(C)OC. The molecule has 0 aliphatic heterocycles. The molecule has 128 valence electrons. The first-order valence-electron chi connectivity index (χ1n) is 6.58. The van der Waals surface area contributed by atoms with Crippen LogP contribution < -0.4 is 9.46 Å². The Morgan fingerprint density at radius 2 is 1.87 bits per heavy atom. The average molecular weight is 345 g/mol. The molecule has 0 aliphatic carbocycles. The number of carbonyl (C=O) groups is 2. The van der Waals surface area contributed by atoms with E-state index in [0.29, 0.717) is 5.75 Å². The summed E-state index contributed by atoms with van der Waals surface area (Å²) in [6, 6.07) is 4.07. The summed E-state index contributed by atoms with van der Waals surface area (Å²) in [5, 5.41) is 0. The number of benzene rings is 1. The first-order valence-corrected chi connectivity index (χ1v) is 8.06. The van der Waals surface area contributed by atoms with Gasteiger partial charge in [0.25, 0.3) is 15.9 Å². The van der Waals surface area contributed by atoms with Crippen molar-refractivity contribution in [3.63, 3.8) is 0 Å². The third-order valence-corrected chi connectivity index (χ3v) is 4.52. The Balaban J connectivity index is 3.23. The van der Waals surface area contributed by atoms with E-state index >= 15 is 0 Å². The van der Waals surface area contributed by atoms with Gasteiger partial charge in [-0.1, -0.05) is 0 Å². The van der Waals surface area contributed by atoms with Gasteiger partial charge in [0.05, 0.1) is 25.5 Å². The summed E-state index contributed by atoms with van der Waals surface area (Å²) >= 11 is 0. The van der Waals surface area contributed by atoms with Crippen molar-refractivity contribution in [1.82, 2.24) is 4.72 Å². The smallest absolute Gasteiger partial charge is 0.310 e. The molecule has 1 aromatic rings. The van der Waals surface area contributed by atoms with Crippen LogP contribution in [-0.4, -0.2) is 47.7 Å². The lowest BCUT2D eigenvalue weighted by Gasteiger charge is -2.14. The number of methoxy groups -OCH3 is 3. The van der Waals surface area contributed by atoms with E-state index in [-0.39, 0.29) is 16.9 Å². The van der Waals surface area contributed by atoms with Crippen molar-refractivity contribution in [2.45, 2.75) is 24.3 Å². The van der Waals surface area contributed by atoms with Crippen molar-refractivity contribution >= 4 is 21.9 Å². The summed E-state index contributed by atoms with van der Waals surface area (Å²) in [7, 11) is -0.279. The molecule has 23 heavy (non-hydrogen) atoms. The number of sulfonamides is 1. The van der Waals surface area contributed by atoms with Gasteiger partial charge in [-0.3, -0.25) is 9.59 Å². The maximum atomic E-state index is 12.4. The third kappa shape index (κ3) is 4.93.